The van der Waals surface area contributed by atoms with Crippen molar-refractivity contribution in [1.82, 2.24) is 0 Å². The van der Waals surface area contributed by atoms with Crippen molar-refractivity contribution in [2.24, 2.45) is 16.7 Å². The lowest BCUT2D eigenvalue weighted by Gasteiger charge is -2.36. The molecule has 2 aliphatic carbocycles. The van der Waals surface area contributed by atoms with Crippen molar-refractivity contribution in [3.8, 4) is 0 Å². The van der Waals surface area contributed by atoms with E-state index in [9.17, 15) is 15.0 Å². The van der Waals surface area contributed by atoms with E-state index in [2.05, 4.69) is 0 Å². The van der Waals surface area contributed by atoms with E-state index in [1.807, 2.05) is 6.92 Å². The summed E-state index contributed by atoms with van der Waals surface area (Å²) >= 11 is 0. The molecule has 74 valence electrons. The molecule has 3 nitrogen and oxygen atoms in total. The molecule has 2 atom stereocenters. The van der Waals surface area contributed by atoms with E-state index in [1.165, 1.54) is 0 Å². The molecule has 0 spiro atoms. The summed E-state index contributed by atoms with van der Waals surface area (Å²) < 4.78 is 0. The Balaban J connectivity index is 2.45. The highest BCUT2D eigenvalue weighted by atomic mass is 16.3. The second-order valence-corrected chi connectivity index (χ2v) is 4.67. The van der Waals surface area contributed by atoms with E-state index < -0.39 is 10.8 Å². The van der Waals surface area contributed by atoms with Crippen LogP contribution in [0, 0.1) is 16.7 Å². The fourth-order valence-corrected chi connectivity index (χ4v) is 3.26. The molecular weight excluding hydrogens is 168 g/mol. The normalized spacial score (nSPS) is 41.5. The van der Waals surface area contributed by atoms with Crippen LogP contribution in [0.5, 0.6) is 0 Å². The van der Waals surface area contributed by atoms with E-state index >= 15 is 0 Å². The first kappa shape index (κ1) is 9.16. The van der Waals surface area contributed by atoms with Crippen LogP contribution in [0.15, 0.2) is 0 Å². The van der Waals surface area contributed by atoms with E-state index in [4.69, 9.17) is 0 Å². The molecule has 2 fully saturated rings. The quantitative estimate of drug-likeness (QED) is 0.651. The molecule has 2 rings (SSSR count). The predicted molar refractivity (Wildman–Crippen MR) is 47.1 cm³/mol. The fraction of sp³-hybridized carbons (Fsp3) is 0.900. The molecule has 0 aliphatic heterocycles. The zero-order valence-electron chi connectivity index (χ0n) is 7.92. The van der Waals surface area contributed by atoms with Crippen LogP contribution >= 0.6 is 0 Å². The fourth-order valence-electron chi connectivity index (χ4n) is 3.26. The Morgan fingerprint density at radius 1 is 1.46 bits per heavy atom. The molecule has 0 heterocycles. The van der Waals surface area contributed by atoms with Gasteiger partial charge in [0, 0.05) is 17.3 Å². The van der Waals surface area contributed by atoms with Crippen molar-refractivity contribution in [2.45, 2.75) is 26.2 Å². The smallest absolute Gasteiger partial charge is 0.139 e. The molecular formula is C10H16O3. The number of ketones is 1. The highest BCUT2D eigenvalue weighted by molar-refractivity contribution is 5.89. The van der Waals surface area contributed by atoms with Gasteiger partial charge >= 0.3 is 0 Å². The van der Waals surface area contributed by atoms with Gasteiger partial charge in [0.15, 0.2) is 0 Å². The highest BCUT2D eigenvalue weighted by Crippen LogP contribution is 2.63. The molecule has 2 aliphatic rings. The van der Waals surface area contributed by atoms with Gasteiger partial charge in [-0.1, -0.05) is 6.92 Å². The van der Waals surface area contributed by atoms with Gasteiger partial charge in [-0.15, -0.1) is 0 Å². The van der Waals surface area contributed by atoms with Gasteiger partial charge in [0.25, 0.3) is 0 Å². The van der Waals surface area contributed by atoms with Gasteiger partial charge in [-0.3, -0.25) is 4.79 Å². The Bertz CT molecular complexity index is 245. The summed E-state index contributed by atoms with van der Waals surface area (Å²) in [5.41, 5.74) is -0.981. The molecule has 2 unspecified atom stereocenters. The van der Waals surface area contributed by atoms with Crippen molar-refractivity contribution in [3.05, 3.63) is 0 Å². The lowest BCUT2D eigenvalue weighted by Crippen LogP contribution is -2.43. The number of rotatable bonds is 2. The van der Waals surface area contributed by atoms with Crippen molar-refractivity contribution in [3.63, 3.8) is 0 Å². The minimum absolute atomic E-state index is 0.0591. The van der Waals surface area contributed by atoms with E-state index in [-0.39, 0.29) is 24.9 Å². The van der Waals surface area contributed by atoms with Crippen LogP contribution in [-0.4, -0.2) is 29.2 Å². The Hall–Kier alpha value is -0.410. The number of Topliss-reactive ketones (excluding diaryl/α,β-unsaturated/α-hetero) is 1. The minimum Gasteiger partial charge on any atom is -0.396 e. The molecule has 2 saturated carbocycles. The number of carbonyl (C=O) groups excluding carboxylic acids is 1. The van der Waals surface area contributed by atoms with Crippen molar-refractivity contribution in [1.29, 1.82) is 0 Å². The zero-order chi connectivity index (χ0) is 9.69. The second-order valence-electron chi connectivity index (χ2n) is 4.67. The first-order valence-electron chi connectivity index (χ1n) is 4.86. The Morgan fingerprint density at radius 3 is 2.31 bits per heavy atom. The number of aliphatic hydroxyl groups excluding tert-OH is 2. The topological polar surface area (TPSA) is 57.5 Å². The summed E-state index contributed by atoms with van der Waals surface area (Å²) in [5.74, 6) is 0.437. The van der Waals surface area contributed by atoms with E-state index in [0.717, 1.165) is 12.8 Å². The van der Waals surface area contributed by atoms with E-state index in [0.29, 0.717) is 6.42 Å². The van der Waals surface area contributed by atoms with Crippen LogP contribution < -0.4 is 0 Å². The van der Waals surface area contributed by atoms with Crippen molar-refractivity contribution in [2.75, 3.05) is 13.2 Å². The number of hydrogen-bond donors (Lipinski definition) is 2. The van der Waals surface area contributed by atoms with Gasteiger partial charge in [0.2, 0.25) is 0 Å². The Kier molecular flexibility index (Phi) is 1.79. The number of fused-ring (bicyclic) bond motifs is 2. The van der Waals surface area contributed by atoms with Crippen LogP contribution in [0.3, 0.4) is 0 Å². The summed E-state index contributed by atoms with van der Waals surface area (Å²) in [6.45, 7) is 1.78. The predicted octanol–water partition coefficient (Wildman–Crippen LogP) is 0.347. The molecule has 0 aromatic rings. The summed E-state index contributed by atoms with van der Waals surface area (Å²) in [5, 5.41) is 18.7. The second kappa shape index (κ2) is 2.55. The summed E-state index contributed by atoms with van der Waals surface area (Å²) in [6, 6.07) is 0. The molecule has 0 aromatic carbocycles. The minimum atomic E-state index is -0.524. The maximum Gasteiger partial charge on any atom is 0.139 e. The zero-order valence-corrected chi connectivity index (χ0v) is 7.92. The summed E-state index contributed by atoms with van der Waals surface area (Å²) in [7, 11) is 0. The number of hydrogen-bond acceptors (Lipinski definition) is 3. The third-order valence-corrected chi connectivity index (χ3v) is 4.48. The maximum atomic E-state index is 11.7. The summed E-state index contributed by atoms with van der Waals surface area (Å²) in [4.78, 5) is 11.7. The molecule has 3 heteroatoms. The molecule has 0 saturated heterocycles. The molecule has 13 heavy (non-hydrogen) atoms. The van der Waals surface area contributed by atoms with Gasteiger partial charge in [-0.05, 0) is 18.8 Å². The van der Waals surface area contributed by atoms with Crippen LogP contribution in [0.1, 0.15) is 26.2 Å². The largest absolute Gasteiger partial charge is 0.396 e. The Labute approximate surface area is 77.8 Å². The first-order chi connectivity index (χ1) is 6.10. The standard InChI is InChI=1S/C10H16O3/c1-9-3-2-7(4-8(9)13)10(9,5-11)6-12/h7,11-12H,2-6H2,1H3. The lowest BCUT2D eigenvalue weighted by atomic mass is 9.68. The Morgan fingerprint density at radius 2 is 2.08 bits per heavy atom. The molecule has 0 radical (unpaired) electrons. The van der Waals surface area contributed by atoms with Gasteiger partial charge in [0.1, 0.15) is 5.78 Å². The maximum absolute atomic E-state index is 11.7. The van der Waals surface area contributed by atoms with Gasteiger partial charge in [0.05, 0.1) is 13.2 Å². The van der Waals surface area contributed by atoms with Crippen molar-refractivity contribution < 1.29 is 15.0 Å². The molecule has 2 N–H and O–H groups in total. The highest BCUT2D eigenvalue weighted by Gasteiger charge is 2.65. The molecule has 0 aromatic heterocycles. The average molecular weight is 184 g/mol. The average Bonchev–Trinajstić information content (AvgIpc) is 2.51. The van der Waals surface area contributed by atoms with Crippen LogP contribution in [-0.2, 0) is 4.79 Å². The van der Waals surface area contributed by atoms with Gasteiger partial charge < -0.3 is 10.2 Å². The third kappa shape index (κ3) is 0.796. The van der Waals surface area contributed by atoms with Gasteiger partial charge in [-0.2, -0.15) is 0 Å². The number of aliphatic hydroxyl groups is 2. The SMILES string of the molecule is CC12CCC(CC1=O)C2(CO)CO. The van der Waals surface area contributed by atoms with E-state index in [1.54, 1.807) is 0 Å². The van der Waals surface area contributed by atoms with Crippen LogP contribution in [0.4, 0.5) is 0 Å². The third-order valence-electron chi connectivity index (χ3n) is 4.48. The molecule has 0 amide bonds. The van der Waals surface area contributed by atoms with Crippen LogP contribution in [0.2, 0.25) is 0 Å². The lowest BCUT2D eigenvalue weighted by molar-refractivity contribution is -0.131. The van der Waals surface area contributed by atoms with Crippen LogP contribution in [0.25, 0.3) is 0 Å². The summed E-state index contributed by atoms with van der Waals surface area (Å²) in [6.07, 6.45) is 2.36. The molecule has 2 bridgehead atoms. The first-order valence-corrected chi connectivity index (χ1v) is 4.86. The monoisotopic (exact) mass is 184 g/mol. The number of carbonyl (C=O) groups is 1. The van der Waals surface area contributed by atoms with Crippen molar-refractivity contribution >= 4 is 5.78 Å². The van der Waals surface area contributed by atoms with Gasteiger partial charge in [-0.25, -0.2) is 0 Å².